The zero-order valence-corrected chi connectivity index (χ0v) is 15.3. The van der Waals surface area contributed by atoms with Gasteiger partial charge in [-0.05, 0) is 62.9 Å². The standard InChI is InChI=1S/C20H32N2O2/c1-4-5-8-16(12-15-7-6-9-18(13-15)24-3)19-14-17(20(21)23)10-11-22(19)2/h6-7,9,13,16-17,19H,4-5,8,10-12,14H2,1-3H3,(H2,21,23). The van der Waals surface area contributed by atoms with E-state index in [0.29, 0.717) is 12.0 Å². The van der Waals surface area contributed by atoms with E-state index in [-0.39, 0.29) is 11.8 Å². The van der Waals surface area contributed by atoms with Crippen molar-refractivity contribution < 1.29 is 9.53 Å². The summed E-state index contributed by atoms with van der Waals surface area (Å²) >= 11 is 0. The third-order valence-electron chi connectivity index (χ3n) is 5.43. The van der Waals surface area contributed by atoms with Gasteiger partial charge in [0.2, 0.25) is 5.91 Å². The number of piperidine rings is 1. The van der Waals surface area contributed by atoms with Crippen molar-refractivity contribution in [3.63, 3.8) is 0 Å². The second kappa shape index (κ2) is 9.07. The Labute approximate surface area is 146 Å². The molecule has 1 aliphatic heterocycles. The smallest absolute Gasteiger partial charge is 0.220 e. The van der Waals surface area contributed by atoms with Gasteiger partial charge in [0.05, 0.1) is 7.11 Å². The number of likely N-dealkylation sites (tertiary alicyclic amines) is 1. The number of methoxy groups -OCH3 is 1. The third kappa shape index (κ3) is 4.97. The van der Waals surface area contributed by atoms with Crippen LogP contribution >= 0.6 is 0 Å². The van der Waals surface area contributed by atoms with Crippen LogP contribution in [0.3, 0.4) is 0 Å². The fraction of sp³-hybridized carbons (Fsp3) is 0.650. The van der Waals surface area contributed by atoms with E-state index in [4.69, 9.17) is 10.5 Å². The Morgan fingerprint density at radius 2 is 2.25 bits per heavy atom. The highest BCUT2D eigenvalue weighted by Crippen LogP contribution is 2.31. The van der Waals surface area contributed by atoms with E-state index in [1.54, 1.807) is 7.11 Å². The van der Waals surface area contributed by atoms with Gasteiger partial charge in [-0.3, -0.25) is 4.79 Å². The van der Waals surface area contributed by atoms with Crippen molar-refractivity contribution >= 4 is 5.91 Å². The van der Waals surface area contributed by atoms with Gasteiger partial charge in [-0.15, -0.1) is 0 Å². The van der Waals surface area contributed by atoms with Gasteiger partial charge in [-0.25, -0.2) is 0 Å². The summed E-state index contributed by atoms with van der Waals surface area (Å²) in [5.41, 5.74) is 6.90. The molecule has 0 saturated carbocycles. The third-order valence-corrected chi connectivity index (χ3v) is 5.43. The number of benzene rings is 1. The lowest BCUT2D eigenvalue weighted by Gasteiger charge is -2.41. The van der Waals surface area contributed by atoms with Gasteiger partial charge in [-0.2, -0.15) is 0 Å². The number of ether oxygens (including phenoxy) is 1. The highest BCUT2D eigenvalue weighted by Gasteiger charge is 2.34. The molecule has 1 saturated heterocycles. The molecule has 1 heterocycles. The van der Waals surface area contributed by atoms with Gasteiger partial charge in [0, 0.05) is 12.0 Å². The molecular weight excluding hydrogens is 300 g/mol. The lowest BCUT2D eigenvalue weighted by atomic mass is 9.79. The van der Waals surface area contributed by atoms with Crippen molar-refractivity contribution in [2.24, 2.45) is 17.6 Å². The molecule has 2 N–H and O–H groups in total. The topological polar surface area (TPSA) is 55.6 Å². The minimum absolute atomic E-state index is 0.0284. The molecule has 24 heavy (non-hydrogen) atoms. The highest BCUT2D eigenvalue weighted by molar-refractivity contribution is 5.76. The number of rotatable bonds is 8. The number of hydrogen-bond acceptors (Lipinski definition) is 3. The Morgan fingerprint density at radius 3 is 2.92 bits per heavy atom. The number of unbranched alkanes of at least 4 members (excludes halogenated alkanes) is 1. The van der Waals surface area contributed by atoms with Crippen LogP contribution in [0.2, 0.25) is 0 Å². The second-order valence-electron chi connectivity index (χ2n) is 7.13. The average molecular weight is 332 g/mol. The monoisotopic (exact) mass is 332 g/mol. The molecule has 1 aromatic carbocycles. The van der Waals surface area contributed by atoms with Gasteiger partial charge in [0.15, 0.2) is 0 Å². The van der Waals surface area contributed by atoms with E-state index in [1.807, 2.05) is 6.07 Å². The molecule has 3 atom stereocenters. The molecular formula is C20H32N2O2. The summed E-state index contributed by atoms with van der Waals surface area (Å²) < 4.78 is 5.36. The van der Waals surface area contributed by atoms with Gasteiger partial charge < -0.3 is 15.4 Å². The van der Waals surface area contributed by atoms with Crippen LogP contribution in [0.4, 0.5) is 0 Å². The predicted molar refractivity (Wildman–Crippen MR) is 98.0 cm³/mol. The number of carbonyl (C=O) groups is 1. The quantitative estimate of drug-likeness (QED) is 0.795. The maximum Gasteiger partial charge on any atom is 0.220 e. The van der Waals surface area contributed by atoms with Crippen molar-refractivity contribution in [3.05, 3.63) is 29.8 Å². The van der Waals surface area contributed by atoms with Crippen LogP contribution in [0.25, 0.3) is 0 Å². The Hall–Kier alpha value is -1.55. The van der Waals surface area contributed by atoms with Crippen molar-refractivity contribution in [3.8, 4) is 5.75 Å². The van der Waals surface area contributed by atoms with Gasteiger partial charge in [0.25, 0.3) is 0 Å². The van der Waals surface area contributed by atoms with Crippen LogP contribution in [0.15, 0.2) is 24.3 Å². The van der Waals surface area contributed by atoms with E-state index in [9.17, 15) is 4.79 Å². The fourth-order valence-corrected chi connectivity index (χ4v) is 3.92. The average Bonchev–Trinajstić information content (AvgIpc) is 2.59. The van der Waals surface area contributed by atoms with Gasteiger partial charge in [0.1, 0.15) is 5.75 Å². The first kappa shape index (κ1) is 18.8. The molecule has 1 amide bonds. The molecule has 134 valence electrons. The summed E-state index contributed by atoms with van der Waals surface area (Å²) in [5.74, 6) is 1.35. The Kier molecular flexibility index (Phi) is 7.10. The largest absolute Gasteiger partial charge is 0.497 e. The maximum atomic E-state index is 11.7. The lowest BCUT2D eigenvalue weighted by Crippen LogP contribution is -2.47. The summed E-state index contributed by atoms with van der Waals surface area (Å²) in [6.45, 7) is 3.19. The fourth-order valence-electron chi connectivity index (χ4n) is 3.92. The van der Waals surface area contributed by atoms with E-state index >= 15 is 0 Å². The Morgan fingerprint density at radius 1 is 1.46 bits per heavy atom. The summed E-state index contributed by atoms with van der Waals surface area (Å²) in [6.07, 6.45) is 6.42. The summed E-state index contributed by atoms with van der Waals surface area (Å²) in [6, 6.07) is 8.78. The van der Waals surface area contributed by atoms with E-state index < -0.39 is 0 Å². The molecule has 0 aromatic heterocycles. The zero-order valence-electron chi connectivity index (χ0n) is 15.3. The molecule has 0 aliphatic carbocycles. The maximum absolute atomic E-state index is 11.7. The van der Waals surface area contributed by atoms with Crippen molar-refractivity contribution in [2.45, 2.75) is 51.5 Å². The molecule has 3 unspecified atom stereocenters. The number of nitrogens with zero attached hydrogens (tertiary/aromatic N) is 1. The summed E-state index contributed by atoms with van der Waals surface area (Å²) in [7, 11) is 3.90. The zero-order chi connectivity index (χ0) is 17.5. The lowest BCUT2D eigenvalue weighted by molar-refractivity contribution is -0.124. The van der Waals surface area contributed by atoms with E-state index in [0.717, 1.165) is 31.6 Å². The molecule has 0 spiro atoms. The molecule has 1 fully saturated rings. The molecule has 4 nitrogen and oxygen atoms in total. The van der Waals surface area contributed by atoms with Crippen LogP contribution in [0, 0.1) is 11.8 Å². The van der Waals surface area contributed by atoms with Crippen molar-refractivity contribution in [1.82, 2.24) is 4.90 Å². The first-order valence-corrected chi connectivity index (χ1v) is 9.17. The minimum atomic E-state index is -0.135. The number of amides is 1. The molecule has 0 radical (unpaired) electrons. The number of carbonyl (C=O) groups excluding carboxylic acids is 1. The van der Waals surface area contributed by atoms with Crippen molar-refractivity contribution in [2.75, 3.05) is 20.7 Å². The first-order valence-electron chi connectivity index (χ1n) is 9.17. The minimum Gasteiger partial charge on any atom is -0.497 e. The summed E-state index contributed by atoms with van der Waals surface area (Å²) in [5, 5.41) is 0. The van der Waals surface area contributed by atoms with Gasteiger partial charge in [-0.1, -0.05) is 31.9 Å². The first-order chi connectivity index (χ1) is 11.5. The molecule has 4 heteroatoms. The van der Waals surface area contributed by atoms with E-state index in [1.165, 1.54) is 24.8 Å². The van der Waals surface area contributed by atoms with E-state index in [2.05, 4.69) is 37.1 Å². The van der Waals surface area contributed by atoms with Crippen LogP contribution in [0.1, 0.15) is 44.6 Å². The predicted octanol–water partition coefficient (Wildman–Crippen LogP) is 3.24. The normalized spacial score (nSPS) is 23.0. The van der Waals surface area contributed by atoms with Gasteiger partial charge >= 0.3 is 0 Å². The Bertz CT molecular complexity index is 532. The van der Waals surface area contributed by atoms with Crippen LogP contribution in [-0.2, 0) is 11.2 Å². The van der Waals surface area contributed by atoms with Crippen LogP contribution in [-0.4, -0.2) is 37.6 Å². The summed E-state index contributed by atoms with van der Waals surface area (Å²) in [4.78, 5) is 14.1. The number of hydrogen-bond donors (Lipinski definition) is 1. The SMILES string of the molecule is CCCCC(Cc1cccc(OC)c1)C1CC(C(N)=O)CCN1C. The Balaban J connectivity index is 2.14. The number of nitrogens with two attached hydrogens (primary N) is 1. The molecule has 1 aromatic rings. The molecule has 1 aliphatic rings. The van der Waals surface area contributed by atoms with Crippen molar-refractivity contribution in [1.29, 1.82) is 0 Å². The van der Waals surface area contributed by atoms with Crippen LogP contribution in [0.5, 0.6) is 5.75 Å². The number of primary amides is 1. The molecule has 2 rings (SSSR count). The second-order valence-corrected chi connectivity index (χ2v) is 7.13. The highest BCUT2D eigenvalue weighted by atomic mass is 16.5. The molecule has 0 bridgehead atoms. The van der Waals surface area contributed by atoms with Crippen LogP contribution < -0.4 is 10.5 Å².